The van der Waals surface area contributed by atoms with E-state index in [0.29, 0.717) is 12.1 Å². The number of ether oxygens (including phenoxy) is 1. The van der Waals surface area contributed by atoms with Gasteiger partial charge in [0.1, 0.15) is 5.75 Å². The molecule has 0 radical (unpaired) electrons. The van der Waals surface area contributed by atoms with Gasteiger partial charge < -0.3 is 14.6 Å². The second-order valence-corrected chi connectivity index (χ2v) is 4.42. The second-order valence-electron chi connectivity index (χ2n) is 4.42. The summed E-state index contributed by atoms with van der Waals surface area (Å²) in [5, 5.41) is 2.91. The highest BCUT2D eigenvalue weighted by molar-refractivity contribution is 5.93. The van der Waals surface area contributed by atoms with Crippen LogP contribution < -0.4 is 10.1 Å². The Bertz CT molecular complexity index is 561. The molecule has 1 amide bonds. The topological polar surface area (TPSA) is 43.3 Å². The Labute approximate surface area is 113 Å². The SMILES string of the molecule is COc1cccc(CCNC(=O)c2ccn(C)c2)c1. The molecule has 0 saturated heterocycles. The van der Waals surface area contributed by atoms with Gasteiger partial charge in [-0.25, -0.2) is 0 Å². The van der Waals surface area contributed by atoms with E-state index in [1.807, 2.05) is 42.1 Å². The molecule has 0 atom stereocenters. The molecule has 2 aromatic rings. The zero-order chi connectivity index (χ0) is 13.7. The summed E-state index contributed by atoms with van der Waals surface area (Å²) in [5.41, 5.74) is 1.83. The van der Waals surface area contributed by atoms with Crippen molar-refractivity contribution in [3.05, 3.63) is 53.9 Å². The van der Waals surface area contributed by atoms with E-state index in [1.54, 1.807) is 19.4 Å². The number of aryl methyl sites for hydroxylation is 1. The first-order valence-corrected chi connectivity index (χ1v) is 6.22. The number of nitrogens with one attached hydrogen (secondary N) is 1. The minimum absolute atomic E-state index is 0.0384. The Balaban J connectivity index is 1.84. The van der Waals surface area contributed by atoms with Crippen LogP contribution in [0.2, 0.25) is 0 Å². The number of nitrogens with zero attached hydrogens (tertiary/aromatic N) is 1. The van der Waals surface area contributed by atoms with Crippen molar-refractivity contribution in [2.45, 2.75) is 6.42 Å². The predicted octanol–water partition coefficient (Wildman–Crippen LogP) is 2.01. The minimum atomic E-state index is -0.0384. The van der Waals surface area contributed by atoms with Gasteiger partial charge in [0.25, 0.3) is 5.91 Å². The number of benzene rings is 1. The van der Waals surface area contributed by atoms with Crippen molar-refractivity contribution in [3.8, 4) is 5.75 Å². The van der Waals surface area contributed by atoms with Gasteiger partial charge >= 0.3 is 0 Å². The molecule has 1 aromatic heterocycles. The van der Waals surface area contributed by atoms with Gasteiger partial charge in [0.2, 0.25) is 0 Å². The Morgan fingerprint density at radius 1 is 1.37 bits per heavy atom. The van der Waals surface area contributed by atoms with Gasteiger partial charge in [-0.3, -0.25) is 4.79 Å². The van der Waals surface area contributed by atoms with Gasteiger partial charge in [-0.1, -0.05) is 12.1 Å². The maximum absolute atomic E-state index is 11.8. The summed E-state index contributed by atoms with van der Waals surface area (Å²) in [6, 6.07) is 9.67. The lowest BCUT2D eigenvalue weighted by molar-refractivity contribution is 0.0954. The molecule has 0 bridgehead atoms. The van der Waals surface area contributed by atoms with Crippen molar-refractivity contribution in [1.29, 1.82) is 0 Å². The Hall–Kier alpha value is -2.23. The standard InChI is InChI=1S/C15H18N2O2/c1-17-9-7-13(11-17)15(18)16-8-6-12-4-3-5-14(10-12)19-2/h3-5,7,9-11H,6,8H2,1-2H3,(H,16,18). The summed E-state index contributed by atoms with van der Waals surface area (Å²) in [6.07, 6.45) is 4.45. The Morgan fingerprint density at radius 3 is 2.89 bits per heavy atom. The highest BCUT2D eigenvalue weighted by Gasteiger charge is 2.05. The molecule has 0 aliphatic rings. The molecule has 2 rings (SSSR count). The fraction of sp³-hybridized carbons (Fsp3) is 0.267. The van der Waals surface area contributed by atoms with Gasteiger partial charge in [0.15, 0.2) is 0 Å². The van der Waals surface area contributed by atoms with Crippen LogP contribution in [0, 0.1) is 0 Å². The number of methoxy groups -OCH3 is 1. The van der Waals surface area contributed by atoms with E-state index < -0.39 is 0 Å². The number of hydrogen-bond donors (Lipinski definition) is 1. The number of amides is 1. The maximum atomic E-state index is 11.8. The average Bonchev–Trinajstić information content (AvgIpc) is 2.86. The lowest BCUT2D eigenvalue weighted by atomic mass is 10.1. The Morgan fingerprint density at radius 2 is 2.21 bits per heavy atom. The van der Waals surface area contributed by atoms with Gasteiger partial charge in [0.05, 0.1) is 12.7 Å². The van der Waals surface area contributed by atoms with Crippen LogP contribution in [0.25, 0.3) is 0 Å². The molecule has 4 heteroatoms. The summed E-state index contributed by atoms with van der Waals surface area (Å²) in [6.45, 7) is 0.612. The molecule has 1 heterocycles. The van der Waals surface area contributed by atoms with Crippen molar-refractivity contribution in [1.82, 2.24) is 9.88 Å². The highest BCUT2D eigenvalue weighted by atomic mass is 16.5. The second kappa shape index (κ2) is 6.09. The fourth-order valence-corrected chi connectivity index (χ4v) is 1.89. The van der Waals surface area contributed by atoms with Crippen LogP contribution in [0.4, 0.5) is 0 Å². The van der Waals surface area contributed by atoms with Crippen LogP contribution in [-0.4, -0.2) is 24.1 Å². The van der Waals surface area contributed by atoms with E-state index in [2.05, 4.69) is 5.32 Å². The third-order valence-corrected chi connectivity index (χ3v) is 2.93. The molecule has 0 aliphatic carbocycles. The van der Waals surface area contributed by atoms with Crippen molar-refractivity contribution >= 4 is 5.91 Å². The van der Waals surface area contributed by atoms with Crippen molar-refractivity contribution < 1.29 is 9.53 Å². The van der Waals surface area contributed by atoms with Crippen LogP contribution in [0.15, 0.2) is 42.7 Å². The molecular formula is C15H18N2O2. The third-order valence-electron chi connectivity index (χ3n) is 2.93. The molecule has 19 heavy (non-hydrogen) atoms. The summed E-state index contributed by atoms with van der Waals surface area (Å²) in [4.78, 5) is 11.8. The highest BCUT2D eigenvalue weighted by Crippen LogP contribution is 2.12. The number of carbonyl (C=O) groups is 1. The summed E-state index contributed by atoms with van der Waals surface area (Å²) in [7, 11) is 3.54. The van der Waals surface area contributed by atoms with E-state index in [1.165, 1.54) is 0 Å². The molecule has 4 nitrogen and oxygen atoms in total. The number of hydrogen-bond acceptors (Lipinski definition) is 2. The molecule has 0 saturated carbocycles. The maximum Gasteiger partial charge on any atom is 0.252 e. The van der Waals surface area contributed by atoms with Crippen LogP contribution >= 0.6 is 0 Å². The minimum Gasteiger partial charge on any atom is -0.497 e. The molecule has 100 valence electrons. The molecule has 0 spiro atoms. The van der Waals surface area contributed by atoms with Gasteiger partial charge in [-0.05, 0) is 30.2 Å². The smallest absolute Gasteiger partial charge is 0.252 e. The monoisotopic (exact) mass is 258 g/mol. The largest absolute Gasteiger partial charge is 0.497 e. The third kappa shape index (κ3) is 3.61. The van der Waals surface area contributed by atoms with E-state index in [4.69, 9.17) is 4.74 Å². The lowest BCUT2D eigenvalue weighted by Gasteiger charge is -2.06. The molecule has 1 aromatic carbocycles. The van der Waals surface area contributed by atoms with Crippen LogP contribution in [0.3, 0.4) is 0 Å². The van der Waals surface area contributed by atoms with Crippen LogP contribution in [0.1, 0.15) is 15.9 Å². The van der Waals surface area contributed by atoms with Gasteiger partial charge in [-0.15, -0.1) is 0 Å². The van der Waals surface area contributed by atoms with Gasteiger partial charge in [-0.2, -0.15) is 0 Å². The quantitative estimate of drug-likeness (QED) is 0.891. The summed E-state index contributed by atoms with van der Waals surface area (Å²) < 4.78 is 7.02. The van der Waals surface area contributed by atoms with Crippen molar-refractivity contribution in [3.63, 3.8) is 0 Å². The van der Waals surface area contributed by atoms with Crippen LogP contribution in [-0.2, 0) is 13.5 Å². The lowest BCUT2D eigenvalue weighted by Crippen LogP contribution is -2.25. The van der Waals surface area contributed by atoms with E-state index >= 15 is 0 Å². The van der Waals surface area contributed by atoms with Crippen molar-refractivity contribution in [2.75, 3.05) is 13.7 Å². The predicted molar refractivity (Wildman–Crippen MR) is 74.4 cm³/mol. The van der Waals surface area contributed by atoms with E-state index in [-0.39, 0.29) is 5.91 Å². The molecule has 0 aliphatic heterocycles. The zero-order valence-electron chi connectivity index (χ0n) is 11.2. The van der Waals surface area contributed by atoms with E-state index in [9.17, 15) is 4.79 Å². The molecular weight excluding hydrogens is 240 g/mol. The normalized spacial score (nSPS) is 10.2. The zero-order valence-corrected chi connectivity index (χ0v) is 11.2. The molecule has 1 N–H and O–H groups in total. The summed E-state index contributed by atoms with van der Waals surface area (Å²) in [5.74, 6) is 0.801. The first kappa shape index (κ1) is 13.2. The fourth-order valence-electron chi connectivity index (χ4n) is 1.89. The first-order valence-electron chi connectivity index (χ1n) is 6.22. The summed E-state index contributed by atoms with van der Waals surface area (Å²) >= 11 is 0. The molecule has 0 unspecified atom stereocenters. The van der Waals surface area contributed by atoms with Crippen LogP contribution in [0.5, 0.6) is 5.75 Å². The van der Waals surface area contributed by atoms with Crippen molar-refractivity contribution in [2.24, 2.45) is 7.05 Å². The number of carbonyl (C=O) groups excluding carboxylic acids is 1. The number of aromatic nitrogens is 1. The molecule has 0 fully saturated rings. The average molecular weight is 258 g/mol. The number of rotatable bonds is 5. The first-order chi connectivity index (χ1) is 9.19. The van der Waals surface area contributed by atoms with Gasteiger partial charge in [0, 0.05) is 26.0 Å². The van der Waals surface area contributed by atoms with E-state index in [0.717, 1.165) is 17.7 Å². The Kier molecular flexibility index (Phi) is 4.23.